The molecule has 2 amide bonds. The minimum Gasteiger partial charge on any atom is -0.479 e. The van der Waals surface area contributed by atoms with Crippen molar-refractivity contribution in [3.63, 3.8) is 0 Å². The number of carboxylic acid groups (broad SMARTS) is 1. The van der Waals surface area contributed by atoms with Crippen molar-refractivity contribution in [3.8, 4) is 0 Å². The van der Waals surface area contributed by atoms with E-state index in [9.17, 15) is 14.4 Å². The van der Waals surface area contributed by atoms with Crippen molar-refractivity contribution < 1.29 is 19.5 Å². The molecule has 1 unspecified atom stereocenters. The van der Waals surface area contributed by atoms with Gasteiger partial charge in [0.15, 0.2) is 6.04 Å². The van der Waals surface area contributed by atoms with E-state index in [2.05, 4.69) is 10.4 Å². The molecule has 1 atom stereocenters. The van der Waals surface area contributed by atoms with Gasteiger partial charge in [-0.25, -0.2) is 4.79 Å². The molecule has 1 aromatic heterocycles. The Morgan fingerprint density at radius 1 is 1.60 bits per heavy atom. The molecule has 0 bridgehead atoms. The van der Waals surface area contributed by atoms with E-state index in [1.165, 1.54) is 33.7 Å². The smallest absolute Gasteiger partial charge is 0.331 e. The maximum absolute atomic E-state index is 11.8. The van der Waals surface area contributed by atoms with E-state index in [0.29, 0.717) is 17.2 Å². The van der Waals surface area contributed by atoms with Crippen molar-refractivity contribution in [1.82, 2.24) is 20.0 Å². The molecule has 0 aromatic carbocycles. The van der Waals surface area contributed by atoms with E-state index < -0.39 is 17.9 Å². The Hall–Kier alpha value is -2.03. The van der Waals surface area contributed by atoms with Gasteiger partial charge in [0.05, 0.1) is 17.8 Å². The molecule has 9 heteroatoms. The number of carboxylic acids is 1. The molecule has 1 fully saturated rings. The number of aliphatic carboxylic acids is 1. The molecule has 1 aliphatic heterocycles. The Morgan fingerprint density at radius 2 is 2.35 bits per heavy atom. The lowest BCUT2D eigenvalue weighted by molar-refractivity contribution is -0.142. The van der Waals surface area contributed by atoms with Crippen molar-refractivity contribution in [2.45, 2.75) is 6.04 Å². The second-order valence-corrected chi connectivity index (χ2v) is 5.31. The summed E-state index contributed by atoms with van der Waals surface area (Å²) in [5.41, 5.74) is 0.385. The van der Waals surface area contributed by atoms with Crippen LogP contribution in [0.1, 0.15) is 11.6 Å². The van der Waals surface area contributed by atoms with Gasteiger partial charge in [-0.3, -0.25) is 14.3 Å². The van der Waals surface area contributed by atoms with Gasteiger partial charge in [0.1, 0.15) is 6.54 Å². The summed E-state index contributed by atoms with van der Waals surface area (Å²) < 4.78 is 1.46. The van der Waals surface area contributed by atoms with Gasteiger partial charge in [0.2, 0.25) is 11.8 Å². The lowest BCUT2D eigenvalue weighted by Gasteiger charge is -2.17. The Labute approximate surface area is 119 Å². The maximum Gasteiger partial charge on any atom is 0.331 e. The first-order chi connectivity index (χ1) is 9.47. The fraction of sp³-hybridized carbons (Fsp3) is 0.455. The molecule has 0 radical (unpaired) electrons. The number of carbonyl (C=O) groups is 3. The molecule has 20 heavy (non-hydrogen) atoms. The van der Waals surface area contributed by atoms with Crippen LogP contribution in [0, 0.1) is 0 Å². The lowest BCUT2D eigenvalue weighted by Crippen LogP contribution is -2.41. The summed E-state index contributed by atoms with van der Waals surface area (Å²) in [4.78, 5) is 35.8. The molecule has 2 heterocycles. The maximum atomic E-state index is 11.8. The Bertz CT molecular complexity index is 544. The van der Waals surface area contributed by atoms with Gasteiger partial charge in [-0.1, -0.05) is 0 Å². The van der Waals surface area contributed by atoms with Crippen molar-refractivity contribution >= 4 is 29.5 Å². The first-order valence-electron chi connectivity index (χ1n) is 5.83. The molecule has 0 saturated carbocycles. The van der Waals surface area contributed by atoms with Crippen molar-refractivity contribution in [1.29, 1.82) is 0 Å². The van der Waals surface area contributed by atoms with Crippen LogP contribution in [-0.4, -0.2) is 55.7 Å². The largest absolute Gasteiger partial charge is 0.479 e. The standard InChI is InChI=1S/C11H14N4O4S/c1-14-3-7(2-12-14)10(11(18)19)13-8(16)4-15-6-20-5-9(15)17/h2-3,10H,4-6H2,1H3,(H,13,16)(H,18,19). The highest BCUT2D eigenvalue weighted by molar-refractivity contribution is 8.00. The highest BCUT2D eigenvalue weighted by Gasteiger charge is 2.27. The van der Waals surface area contributed by atoms with Crippen LogP contribution >= 0.6 is 11.8 Å². The topological polar surface area (TPSA) is 105 Å². The quantitative estimate of drug-likeness (QED) is 0.737. The van der Waals surface area contributed by atoms with Gasteiger partial charge in [-0.2, -0.15) is 5.10 Å². The van der Waals surface area contributed by atoms with Crippen LogP contribution in [0.25, 0.3) is 0 Å². The minimum absolute atomic E-state index is 0.113. The van der Waals surface area contributed by atoms with Gasteiger partial charge in [-0.05, 0) is 0 Å². The van der Waals surface area contributed by atoms with E-state index in [-0.39, 0.29) is 12.5 Å². The van der Waals surface area contributed by atoms with Crippen LogP contribution in [-0.2, 0) is 21.4 Å². The van der Waals surface area contributed by atoms with E-state index in [1.807, 2.05) is 0 Å². The van der Waals surface area contributed by atoms with Crippen LogP contribution < -0.4 is 5.32 Å². The monoisotopic (exact) mass is 298 g/mol. The predicted molar refractivity (Wildman–Crippen MR) is 70.8 cm³/mol. The molecule has 1 aromatic rings. The summed E-state index contributed by atoms with van der Waals surface area (Å²) in [7, 11) is 1.66. The van der Waals surface area contributed by atoms with Crippen LogP contribution in [0.5, 0.6) is 0 Å². The zero-order chi connectivity index (χ0) is 14.7. The minimum atomic E-state index is -1.17. The number of amides is 2. The average molecular weight is 298 g/mol. The molecule has 0 spiro atoms. The predicted octanol–water partition coefficient (Wildman–Crippen LogP) is -0.805. The van der Waals surface area contributed by atoms with Crippen LogP contribution in [0.2, 0.25) is 0 Å². The average Bonchev–Trinajstić information content (AvgIpc) is 2.96. The Balaban J connectivity index is 1.99. The highest BCUT2D eigenvalue weighted by atomic mass is 32.2. The van der Waals surface area contributed by atoms with Gasteiger partial charge in [0, 0.05) is 18.8 Å². The molecular weight excluding hydrogens is 284 g/mol. The first kappa shape index (κ1) is 14.4. The fourth-order valence-corrected chi connectivity index (χ4v) is 2.70. The summed E-state index contributed by atoms with van der Waals surface area (Å²) in [6, 6.07) is -1.17. The van der Waals surface area contributed by atoms with E-state index >= 15 is 0 Å². The summed E-state index contributed by atoms with van der Waals surface area (Å²) in [5.74, 6) is -0.973. The van der Waals surface area contributed by atoms with Gasteiger partial charge < -0.3 is 15.3 Å². The molecule has 0 aliphatic carbocycles. The van der Waals surface area contributed by atoms with Gasteiger partial charge in [0.25, 0.3) is 0 Å². The lowest BCUT2D eigenvalue weighted by atomic mass is 10.1. The van der Waals surface area contributed by atoms with Crippen molar-refractivity contribution in [3.05, 3.63) is 18.0 Å². The van der Waals surface area contributed by atoms with Gasteiger partial charge in [-0.15, -0.1) is 11.8 Å². The van der Waals surface area contributed by atoms with E-state index in [1.54, 1.807) is 7.05 Å². The van der Waals surface area contributed by atoms with E-state index in [4.69, 9.17) is 5.11 Å². The SMILES string of the molecule is Cn1cc(C(NC(=O)CN2CSCC2=O)C(=O)O)cn1. The number of hydrogen-bond donors (Lipinski definition) is 2. The molecule has 1 aliphatic rings. The second-order valence-electron chi connectivity index (χ2n) is 4.36. The number of hydrogen-bond acceptors (Lipinski definition) is 5. The third kappa shape index (κ3) is 3.29. The van der Waals surface area contributed by atoms with Gasteiger partial charge >= 0.3 is 5.97 Å². The van der Waals surface area contributed by atoms with Crippen molar-refractivity contribution in [2.75, 3.05) is 18.2 Å². The summed E-state index contributed by atoms with van der Waals surface area (Å²) in [5, 5.41) is 15.4. The molecule has 2 rings (SSSR count). The zero-order valence-electron chi connectivity index (χ0n) is 10.8. The molecule has 108 valence electrons. The summed E-state index contributed by atoms with van der Waals surface area (Å²) in [6.07, 6.45) is 2.91. The molecular formula is C11H14N4O4S. The molecule has 1 saturated heterocycles. The fourth-order valence-electron chi connectivity index (χ4n) is 1.80. The Morgan fingerprint density at radius 3 is 2.85 bits per heavy atom. The normalized spacial score (nSPS) is 16.2. The third-order valence-electron chi connectivity index (χ3n) is 2.77. The number of rotatable bonds is 5. The number of nitrogens with one attached hydrogen (secondary N) is 1. The highest BCUT2D eigenvalue weighted by Crippen LogP contribution is 2.15. The molecule has 2 N–H and O–H groups in total. The number of aryl methyl sites for hydroxylation is 1. The number of nitrogens with zero attached hydrogens (tertiary/aromatic N) is 3. The second kappa shape index (κ2) is 5.95. The zero-order valence-corrected chi connectivity index (χ0v) is 11.6. The van der Waals surface area contributed by atoms with Crippen LogP contribution in [0.15, 0.2) is 12.4 Å². The molecule has 8 nitrogen and oxygen atoms in total. The number of thioether (sulfide) groups is 1. The van der Waals surface area contributed by atoms with Crippen molar-refractivity contribution in [2.24, 2.45) is 7.05 Å². The first-order valence-corrected chi connectivity index (χ1v) is 6.99. The summed E-state index contributed by atoms with van der Waals surface area (Å²) >= 11 is 1.42. The summed E-state index contributed by atoms with van der Waals surface area (Å²) in [6.45, 7) is -0.129. The van der Waals surface area contributed by atoms with Crippen LogP contribution in [0.3, 0.4) is 0 Å². The number of carbonyl (C=O) groups excluding carboxylic acids is 2. The van der Waals surface area contributed by atoms with Crippen LogP contribution in [0.4, 0.5) is 0 Å². The third-order valence-corrected chi connectivity index (χ3v) is 3.72. The van der Waals surface area contributed by atoms with E-state index in [0.717, 1.165) is 0 Å². The Kier molecular flexibility index (Phi) is 4.28. The number of aromatic nitrogens is 2.